The first-order valence-corrected chi connectivity index (χ1v) is 6.75. The van der Waals surface area contributed by atoms with Crippen LogP contribution in [0, 0.1) is 6.92 Å². The lowest BCUT2D eigenvalue weighted by Gasteiger charge is -2.15. The molecule has 0 atom stereocenters. The minimum absolute atomic E-state index is 0.256. The number of halogens is 1. The van der Waals surface area contributed by atoms with Crippen molar-refractivity contribution in [2.45, 2.75) is 11.8 Å². The van der Waals surface area contributed by atoms with Crippen LogP contribution in [0.25, 0.3) is 0 Å². The lowest BCUT2D eigenvalue weighted by molar-refractivity contribution is 0.488. The van der Waals surface area contributed by atoms with E-state index in [0.717, 1.165) is 5.56 Å². The van der Waals surface area contributed by atoms with E-state index in [-0.39, 0.29) is 4.90 Å². The normalized spacial score (nSPS) is 16.9. The minimum atomic E-state index is -3.39. The Labute approximate surface area is 100 Å². The number of rotatable bonds is 2. The maximum absolute atomic E-state index is 12.1. The van der Waals surface area contributed by atoms with E-state index in [9.17, 15) is 8.42 Å². The van der Waals surface area contributed by atoms with Gasteiger partial charge in [0.2, 0.25) is 10.0 Å². The van der Waals surface area contributed by atoms with Gasteiger partial charge in [0.15, 0.2) is 0 Å². The Hall–Kier alpha value is -0.840. The molecule has 1 aromatic carbocycles. The maximum Gasteiger partial charge on any atom is 0.243 e. The molecule has 0 N–H and O–H groups in total. The molecule has 0 spiro atoms. The fourth-order valence-electron chi connectivity index (χ4n) is 1.54. The number of benzene rings is 1. The predicted molar refractivity (Wildman–Crippen MR) is 64.1 cm³/mol. The van der Waals surface area contributed by atoms with Crippen LogP contribution in [0.5, 0.6) is 0 Å². The van der Waals surface area contributed by atoms with Crippen molar-refractivity contribution in [1.29, 1.82) is 0 Å². The van der Waals surface area contributed by atoms with Gasteiger partial charge in [0.25, 0.3) is 0 Å². The molecular weight excluding hydrogens is 246 g/mol. The smallest absolute Gasteiger partial charge is 0.207 e. The molecule has 86 valence electrons. The number of aryl methyl sites for hydroxylation is 1. The van der Waals surface area contributed by atoms with Crippen molar-refractivity contribution < 1.29 is 8.42 Å². The van der Waals surface area contributed by atoms with E-state index >= 15 is 0 Å². The summed E-state index contributed by atoms with van der Waals surface area (Å²) in [6, 6.07) is 4.82. The monoisotopic (exact) mass is 257 g/mol. The van der Waals surface area contributed by atoms with Crippen molar-refractivity contribution in [3.05, 3.63) is 40.9 Å². The van der Waals surface area contributed by atoms with Crippen LogP contribution in [-0.4, -0.2) is 25.8 Å². The molecule has 16 heavy (non-hydrogen) atoms. The molecule has 0 aliphatic carbocycles. The van der Waals surface area contributed by atoms with Gasteiger partial charge in [-0.25, -0.2) is 8.42 Å². The van der Waals surface area contributed by atoms with Crippen LogP contribution >= 0.6 is 11.6 Å². The van der Waals surface area contributed by atoms with Crippen molar-refractivity contribution in [1.82, 2.24) is 4.31 Å². The van der Waals surface area contributed by atoms with Crippen LogP contribution in [0.3, 0.4) is 0 Å². The van der Waals surface area contributed by atoms with Crippen molar-refractivity contribution >= 4 is 21.6 Å². The molecule has 0 bridgehead atoms. The lowest BCUT2D eigenvalue weighted by Crippen LogP contribution is -2.28. The molecule has 0 aromatic heterocycles. The fraction of sp³-hybridized carbons (Fsp3) is 0.273. The van der Waals surface area contributed by atoms with E-state index in [2.05, 4.69) is 0 Å². The average Bonchev–Trinajstić information content (AvgIpc) is 2.75. The van der Waals surface area contributed by atoms with E-state index in [1.54, 1.807) is 12.1 Å². The molecule has 3 nitrogen and oxygen atoms in total. The summed E-state index contributed by atoms with van der Waals surface area (Å²) in [5.74, 6) is 0. The zero-order valence-corrected chi connectivity index (χ0v) is 10.4. The summed E-state index contributed by atoms with van der Waals surface area (Å²) in [5, 5.41) is 0.480. The SMILES string of the molecule is Cc1ccc(S(=O)(=O)N2CC=CC2)cc1Cl. The Balaban J connectivity index is 2.39. The average molecular weight is 258 g/mol. The van der Waals surface area contributed by atoms with Gasteiger partial charge in [-0.05, 0) is 24.6 Å². The minimum Gasteiger partial charge on any atom is -0.207 e. The number of sulfonamides is 1. The van der Waals surface area contributed by atoms with Gasteiger partial charge in [-0.1, -0.05) is 29.8 Å². The van der Waals surface area contributed by atoms with Crippen LogP contribution in [0.2, 0.25) is 5.02 Å². The molecule has 1 aromatic rings. The second-order valence-electron chi connectivity index (χ2n) is 3.70. The van der Waals surface area contributed by atoms with Crippen LogP contribution in [0.4, 0.5) is 0 Å². The molecule has 0 amide bonds. The molecule has 1 aliphatic rings. The topological polar surface area (TPSA) is 37.4 Å². The zero-order chi connectivity index (χ0) is 11.8. The first-order chi connectivity index (χ1) is 7.51. The van der Waals surface area contributed by atoms with Crippen molar-refractivity contribution in [2.75, 3.05) is 13.1 Å². The summed E-state index contributed by atoms with van der Waals surface area (Å²) in [4.78, 5) is 0.256. The fourth-order valence-corrected chi connectivity index (χ4v) is 3.15. The summed E-state index contributed by atoms with van der Waals surface area (Å²) in [7, 11) is -3.39. The van der Waals surface area contributed by atoms with E-state index in [0.29, 0.717) is 18.1 Å². The molecule has 0 saturated carbocycles. The summed E-state index contributed by atoms with van der Waals surface area (Å²) in [6.45, 7) is 2.72. The van der Waals surface area contributed by atoms with Crippen molar-refractivity contribution in [3.8, 4) is 0 Å². The van der Waals surface area contributed by atoms with Gasteiger partial charge in [0.05, 0.1) is 4.90 Å². The first kappa shape index (κ1) is 11.6. The highest BCUT2D eigenvalue weighted by Gasteiger charge is 2.24. The third-order valence-corrected chi connectivity index (χ3v) is 4.80. The third kappa shape index (κ3) is 2.00. The second kappa shape index (κ2) is 4.20. The predicted octanol–water partition coefficient (Wildman–Crippen LogP) is 2.21. The quantitative estimate of drug-likeness (QED) is 0.762. The first-order valence-electron chi connectivity index (χ1n) is 4.93. The Morgan fingerprint density at radius 2 is 1.88 bits per heavy atom. The summed E-state index contributed by atoms with van der Waals surface area (Å²) >= 11 is 5.93. The largest absolute Gasteiger partial charge is 0.243 e. The molecule has 1 aliphatic heterocycles. The zero-order valence-electron chi connectivity index (χ0n) is 8.85. The number of hydrogen-bond acceptors (Lipinski definition) is 2. The Morgan fingerprint density at radius 1 is 1.25 bits per heavy atom. The number of nitrogens with zero attached hydrogens (tertiary/aromatic N) is 1. The Morgan fingerprint density at radius 3 is 2.44 bits per heavy atom. The molecule has 0 unspecified atom stereocenters. The lowest BCUT2D eigenvalue weighted by atomic mass is 10.2. The van der Waals surface area contributed by atoms with E-state index < -0.39 is 10.0 Å². The maximum atomic E-state index is 12.1. The van der Waals surface area contributed by atoms with Gasteiger partial charge in [-0.2, -0.15) is 4.31 Å². The van der Waals surface area contributed by atoms with Crippen LogP contribution in [0.15, 0.2) is 35.2 Å². The van der Waals surface area contributed by atoms with Crippen LogP contribution in [0.1, 0.15) is 5.56 Å². The molecule has 0 radical (unpaired) electrons. The van der Waals surface area contributed by atoms with Crippen molar-refractivity contribution in [2.24, 2.45) is 0 Å². The Bertz CT molecular complexity index is 529. The summed E-state index contributed by atoms with van der Waals surface area (Å²) in [5.41, 5.74) is 0.875. The van der Waals surface area contributed by atoms with Crippen LogP contribution in [-0.2, 0) is 10.0 Å². The number of hydrogen-bond donors (Lipinski definition) is 0. The second-order valence-corrected chi connectivity index (χ2v) is 6.05. The molecule has 5 heteroatoms. The van der Waals surface area contributed by atoms with Gasteiger partial charge in [0.1, 0.15) is 0 Å². The van der Waals surface area contributed by atoms with E-state index in [1.165, 1.54) is 10.4 Å². The van der Waals surface area contributed by atoms with Gasteiger partial charge in [0, 0.05) is 18.1 Å². The van der Waals surface area contributed by atoms with E-state index in [4.69, 9.17) is 11.6 Å². The molecule has 0 fully saturated rings. The van der Waals surface area contributed by atoms with Gasteiger partial charge in [-0.3, -0.25) is 0 Å². The van der Waals surface area contributed by atoms with Crippen LogP contribution < -0.4 is 0 Å². The summed E-state index contributed by atoms with van der Waals surface area (Å²) in [6.07, 6.45) is 3.68. The van der Waals surface area contributed by atoms with Gasteiger partial charge >= 0.3 is 0 Å². The summed E-state index contributed by atoms with van der Waals surface area (Å²) < 4.78 is 25.7. The van der Waals surface area contributed by atoms with E-state index in [1.807, 2.05) is 19.1 Å². The highest BCUT2D eigenvalue weighted by Crippen LogP contribution is 2.23. The molecule has 2 rings (SSSR count). The highest BCUT2D eigenvalue weighted by atomic mass is 35.5. The molecular formula is C11H12ClNO2S. The standard InChI is InChI=1S/C11H12ClNO2S/c1-9-4-5-10(8-11(9)12)16(14,15)13-6-2-3-7-13/h2-5,8H,6-7H2,1H3. The van der Waals surface area contributed by atoms with Gasteiger partial charge < -0.3 is 0 Å². The Kier molecular flexibility index (Phi) is 3.06. The molecule has 0 saturated heterocycles. The van der Waals surface area contributed by atoms with Gasteiger partial charge in [-0.15, -0.1) is 0 Å². The van der Waals surface area contributed by atoms with Crippen molar-refractivity contribution in [3.63, 3.8) is 0 Å². The molecule has 1 heterocycles. The highest BCUT2D eigenvalue weighted by molar-refractivity contribution is 7.89. The third-order valence-electron chi connectivity index (χ3n) is 2.57.